The van der Waals surface area contributed by atoms with Gasteiger partial charge in [-0.25, -0.2) is 0 Å². The monoisotopic (exact) mass is 262 g/mol. The Kier molecular flexibility index (Phi) is 4.43. The van der Waals surface area contributed by atoms with Gasteiger partial charge in [0.05, 0.1) is 6.10 Å². The first-order chi connectivity index (χ1) is 9.09. The molecule has 1 heterocycles. The number of para-hydroxylation sites is 1. The maximum Gasteiger partial charge on any atom is 0.219 e. The minimum absolute atomic E-state index is 0.144. The van der Waals surface area contributed by atoms with Gasteiger partial charge in [-0.1, -0.05) is 18.2 Å². The van der Waals surface area contributed by atoms with E-state index in [0.29, 0.717) is 0 Å². The van der Waals surface area contributed by atoms with Crippen LogP contribution in [0, 0.1) is 0 Å². The van der Waals surface area contributed by atoms with Crippen LogP contribution in [0.15, 0.2) is 24.3 Å². The molecule has 104 valence electrons. The SMILES string of the molecule is CC(=O)N1CCCN(c2ccccc2C(C)O)CC1. The summed E-state index contributed by atoms with van der Waals surface area (Å²) < 4.78 is 0. The number of hydrogen-bond acceptors (Lipinski definition) is 3. The number of amides is 1. The highest BCUT2D eigenvalue weighted by molar-refractivity contribution is 5.73. The average Bonchev–Trinajstić information content (AvgIpc) is 2.64. The van der Waals surface area contributed by atoms with Crippen molar-refractivity contribution in [2.45, 2.75) is 26.4 Å². The van der Waals surface area contributed by atoms with E-state index in [2.05, 4.69) is 4.90 Å². The zero-order valence-electron chi connectivity index (χ0n) is 11.7. The van der Waals surface area contributed by atoms with Crippen LogP contribution in [0.4, 0.5) is 5.69 Å². The van der Waals surface area contributed by atoms with Crippen molar-refractivity contribution in [2.24, 2.45) is 0 Å². The molecular weight excluding hydrogens is 240 g/mol. The zero-order valence-corrected chi connectivity index (χ0v) is 11.7. The number of benzene rings is 1. The highest BCUT2D eigenvalue weighted by Gasteiger charge is 2.19. The van der Waals surface area contributed by atoms with Gasteiger partial charge in [-0.15, -0.1) is 0 Å². The fraction of sp³-hybridized carbons (Fsp3) is 0.533. The predicted molar refractivity (Wildman–Crippen MR) is 76.2 cm³/mol. The third kappa shape index (κ3) is 3.26. The van der Waals surface area contributed by atoms with Crippen LogP contribution in [-0.4, -0.2) is 42.1 Å². The second kappa shape index (κ2) is 6.06. The molecule has 0 radical (unpaired) electrons. The molecule has 0 spiro atoms. The first-order valence-electron chi connectivity index (χ1n) is 6.87. The Morgan fingerprint density at radius 2 is 1.95 bits per heavy atom. The van der Waals surface area contributed by atoms with Gasteiger partial charge in [0, 0.05) is 44.4 Å². The molecule has 1 atom stereocenters. The van der Waals surface area contributed by atoms with Gasteiger partial charge in [0.25, 0.3) is 0 Å². The van der Waals surface area contributed by atoms with Crippen LogP contribution in [-0.2, 0) is 4.79 Å². The van der Waals surface area contributed by atoms with Gasteiger partial charge < -0.3 is 14.9 Å². The predicted octanol–water partition coefficient (Wildman–Crippen LogP) is 1.80. The van der Waals surface area contributed by atoms with Crippen molar-refractivity contribution in [3.05, 3.63) is 29.8 Å². The summed E-state index contributed by atoms with van der Waals surface area (Å²) in [6.45, 7) is 6.74. The van der Waals surface area contributed by atoms with Gasteiger partial charge in [0.15, 0.2) is 0 Å². The zero-order chi connectivity index (χ0) is 13.8. The quantitative estimate of drug-likeness (QED) is 0.884. The van der Waals surface area contributed by atoms with Crippen LogP contribution in [0.3, 0.4) is 0 Å². The molecule has 1 aromatic rings. The summed E-state index contributed by atoms with van der Waals surface area (Å²) in [6, 6.07) is 7.96. The van der Waals surface area contributed by atoms with Crippen LogP contribution in [0.1, 0.15) is 31.9 Å². The van der Waals surface area contributed by atoms with Crippen LogP contribution in [0.2, 0.25) is 0 Å². The first-order valence-corrected chi connectivity index (χ1v) is 6.87. The van der Waals surface area contributed by atoms with E-state index in [1.54, 1.807) is 13.8 Å². The van der Waals surface area contributed by atoms with Crippen LogP contribution < -0.4 is 4.90 Å². The number of anilines is 1. The lowest BCUT2D eigenvalue weighted by molar-refractivity contribution is -0.128. The maximum atomic E-state index is 11.4. The third-order valence-corrected chi connectivity index (χ3v) is 3.67. The van der Waals surface area contributed by atoms with Gasteiger partial charge >= 0.3 is 0 Å². The molecule has 1 aromatic carbocycles. The van der Waals surface area contributed by atoms with E-state index in [9.17, 15) is 9.90 Å². The average molecular weight is 262 g/mol. The number of hydrogen-bond donors (Lipinski definition) is 1. The van der Waals surface area contributed by atoms with Gasteiger partial charge in [-0.05, 0) is 19.4 Å². The van der Waals surface area contributed by atoms with E-state index < -0.39 is 6.10 Å². The molecule has 1 fully saturated rings. The topological polar surface area (TPSA) is 43.8 Å². The molecule has 1 N–H and O–H groups in total. The first kappa shape index (κ1) is 13.9. The molecule has 0 bridgehead atoms. The van der Waals surface area contributed by atoms with Crippen molar-refractivity contribution < 1.29 is 9.90 Å². The Balaban J connectivity index is 2.16. The summed E-state index contributed by atoms with van der Waals surface area (Å²) >= 11 is 0. The number of aliphatic hydroxyl groups is 1. The molecule has 1 aliphatic rings. The molecule has 4 nitrogen and oxygen atoms in total. The van der Waals surface area contributed by atoms with Crippen molar-refractivity contribution in [3.63, 3.8) is 0 Å². The largest absolute Gasteiger partial charge is 0.389 e. The number of carbonyl (C=O) groups is 1. The van der Waals surface area contributed by atoms with Crippen molar-refractivity contribution in [3.8, 4) is 0 Å². The lowest BCUT2D eigenvalue weighted by Crippen LogP contribution is -2.33. The minimum atomic E-state index is -0.469. The lowest BCUT2D eigenvalue weighted by Gasteiger charge is -2.26. The highest BCUT2D eigenvalue weighted by atomic mass is 16.3. The number of nitrogens with zero attached hydrogens (tertiary/aromatic N) is 2. The Bertz CT molecular complexity index is 446. The van der Waals surface area contributed by atoms with Crippen LogP contribution in [0.5, 0.6) is 0 Å². The molecule has 0 aliphatic carbocycles. The molecule has 0 aromatic heterocycles. The minimum Gasteiger partial charge on any atom is -0.389 e. The molecule has 4 heteroatoms. The van der Waals surface area contributed by atoms with E-state index in [0.717, 1.165) is 43.9 Å². The van der Waals surface area contributed by atoms with Gasteiger partial charge in [0.1, 0.15) is 0 Å². The number of rotatable bonds is 2. The molecule has 1 unspecified atom stereocenters. The summed E-state index contributed by atoms with van der Waals surface area (Å²) in [4.78, 5) is 15.6. The van der Waals surface area contributed by atoms with E-state index in [4.69, 9.17) is 0 Å². The summed E-state index contributed by atoms with van der Waals surface area (Å²) in [7, 11) is 0. The second-order valence-corrected chi connectivity index (χ2v) is 5.08. The standard InChI is InChI=1S/C15H22N2O2/c1-12(18)14-6-3-4-7-15(14)17-9-5-8-16(10-11-17)13(2)19/h3-4,6-7,12,18H,5,8-11H2,1-2H3. The fourth-order valence-electron chi connectivity index (χ4n) is 2.60. The number of carbonyl (C=O) groups excluding carboxylic acids is 1. The summed E-state index contributed by atoms with van der Waals surface area (Å²) in [5, 5.41) is 9.85. The smallest absolute Gasteiger partial charge is 0.219 e. The lowest BCUT2D eigenvalue weighted by atomic mass is 10.1. The summed E-state index contributed by atoms with van der Waals surface area (Å²) in [5.41, 5.74) is 2.04. The normalized spacial score (nSPS) is 18.1. The van der Waals surface area contributed by atoms with Gasteiger partial charge in [-0.3, -0.25) is 4.79 Å². The van der Waals surface area contributed by atoms with E-state index in [1.165, 1.54) is 0 Å². The van der Waals surface area contributed by atoms with Crippen molar-refractivity contribution in [1.82, 2.24) is 4.90 Å². The van der Waals surface area contributed by atoms with Gasteiger partial charge in [0.2, 0.25) is 5.91 Å². The molecular formula is C15H22N2O2. The summed E-state index contributed by atoms with van der Waals surface area (Å²) in [6.07, 6.45) is 0.497. The Morgan fingerprint density at radius 1 is 1.21 bits per heavy atom. The number of aliphatic hydroxyl groups excluding tert-OH is 1. The Labute approximate surface area is 114 Å². The van der Waals surface area contributed by atoms with Crippen molar-refractivity contribution >= 4 is 11.6 Å². The Hall–Kier alpha value is -1.55. The molecule has 0 saturated carbocycles. The molecule has 1 amide bonds. The maximum absolute atomic E-state index is 11.4. The van der Waals surface area contributed by atoms with E-state index >= 15 is 0 Å². The van der Waals surface area contributed by atoms with E-state index in [-0.39, 0.29) is 5.91 Å². The van der Waals surface area contributed by atoms with Crippen molar-refractivity contribution in [2.75, 3.05) is 31.1 Å². The molecule has 1 aliphatic heterocycles. The van der Waals surface area contributed by atoms with E-state index in [1.807, 2.05) is 29.2 Å². The third-order valence-electron chi connectivity index (χ3n) is 3.67. The second-order valence-electron chi connectivity index (χ2n) is 5.08. The highest BCUT2D eigenvalue weighted by Crippen LogP contribution is 2.26. The van der Waals surface area contributed by atoms with Crippen molar-refractivity contribution in [1.29, 1.82) is 0 Å². The van der Waals surface area contributed by atoms with Gasteiger partial charge in [-0.2, -0.15) is 0 Å². The van der Waals surface area contributed by atoms with Crippen LogP contribution in [0.25, 0.3) is 0 Å². The molecule has 1 saturated heterocycles. The van der Waals surface area contributed by atoms with Crippen LogP contribution >= 0.6 is 0 Å². The fourth-order valence-corrected chi connectivity index (χ4v) is 2.60. The molecule has 19 heavy (non-hydrogen) atoms. The summed E-state index contributed by atoms with van der Waals surface area (Å²) in [5.74, 6) is 0.144. The molecule has 2 rings (SSSR count). The Morgan fingerprint density at radius 3 is 2.63 bits per heavy atom.